The van der Waals surface area contributed by atoms with E-state index in [1.807, 2.05) is 18.2 Å². The quantitative estimate of drug-likeness (QED) is 0.875. The maximum atomic E-state index is 12.4. The molecular formula is C17H22N2O4. The summed E-state index contributed by atoms with van der Waals surface area (Å²) in [6.45, 7) is 1.04. The van der Waals surface area contributed by atoms with Crippen molar-refractivity contribution < 1.29 is 19.1 Å². The number of nitrogens with one attached hydrogen (secondary N) is 1. The third kappa shape index (κ3) is 3.41. The highest BCUT2D eigenvalue weighted by Crippen LogP contribution is 2.31. The van der Waals surface area contributed by atoms with Gasteiger partial charge in [-0.1, -0.05) is 25.3 Å². The highest BCUT2D eigenvalue weighted by Gasteiger charge is 2.39. The second-order valence-corrected chi connectivity index (χ2v) is 6.21. The largest absolute Gasteiger partial charge is 0.486 e. The molecule has 0 spiro atoms. The maximum Gasteiger partial charge on any atom is 0.243 e. The van der Waals surface area contributed by atoms with Crippen LogP contribution in [0.5, 0.6) is 11.5 Å². The van der Waals surface area contributed by atoms with E-state index in [-0.39, 0.29) is 12.3 Å². The lowest BCUT2D eigenvalue weighted by atomic mass is 9.81. The van der Waals surface area contributed by atoms with Gasteiger partial charge in [0.2, 0.25) is 11.8 Å². The van der Waals surface area contributed by atoms with Crippen LogP contribution in [0.3, 0.4) is 0 Å². The lowest BCUT2D eigenvalue weighted by Crippen LogP contribution is -2.58. The molecule has 2 aliphatic rings. The number of nitrogens with two attached hydrogens (primary N) is 1. The first kappa shape index (κ1) is 15.6. The summed E-state index contributed by atoms with van der Waals surface area (Å²) in [4.78, 5) is 24.2. The Morgan fingerprint density at radius 2 is 1.78 bits per heavy atom. The van der Waals surface area contributed by atoms with E-state index < -0.39 is 11.4 Å². The second-order valence-electron chi connectivity index (χ2n) is 6.21. The molecule has 124 valence electrons. The summed E-state index contributed by atoms with van der Waals surface area (Å²) in [5.74, 6) is 0.722. The molecule has 3 rings (SSSR count). The normalized spacial score (nSPS) is 19.0. The third-order valence-electron chi connectivity index (χ3n) is 4.53. The molecule has 1 aliphatic carbocycles. The van der Waals surface area contributed by atoms with Crippen molar-refractivity contribution in [3.05, 3.63) is 23.8 Å². The lowest BCUT2D eigenvalue weighted by Gasteiger charge is -2.35. The van der Waals surface area contributed by atoms with Crippen LogP contribution in [0.2, 0.25) is 0 Å². The van der Waals surface area contributed by atoms with Gasteiger partial charge in [-0.15, -0.1) is 0 Å². The number of carbonyl (C=O) groups excluding carboxylic acids is 2. The molecule has 1 saturated carbocycles. The Hall–Kier alpha value is -2.24. The molecule has 1 aromatic rings. The molecule has 1 aromatic carbocycles. The Kier molecular flexibility index (Phi) is 4.41. The summed E-state index contributed by atoms with van der Waals surface area (Å²) in [5, 5.41) is 2.87. The van der Waals surface area contributed by atoms with Crippen LogP contribution < -0.4 is 20.5 Å². The van der Waals surface area contributed by atoms with Gasteiger partial charge in [-0.3, -0.25) is 9.59 Å². The number of fused-ring (bicyclic) bond motifs is 1. The van der Waals surface area contributed by atoms with Crippen LogP contribution in [0.1, 0.15) is 37.7 Å². The summed E-state index contributed by atoms with van der Waals surface area (Å²) in [5.41, 5.74) is 5.48. The highest BCUT2D eigenvalue weighted by atomic mass is 16.6. The number of rotatable bonds is 4. The Morgan fingerprint density at radius 3 is 2.48 bits per heavy atom. The molecule has 6 nitrogen and oxygen atoms in total. The maximum absolute atomic E-state index is 12.4. The average molecular weight is 318 g/mol. The molecule has 0 radical (unpaired) electrons. The minimum Gasteiger partial charge on any atom is -0.486 e. The summed E-state index contributed by atoms with van der Waals surface area (Å²) < 4.78 is 11.0. The molecule has 1 heterocycles. The Bertz CT molecular complexity index is 609. The van der Waals surface area contributed by atoms with Crippen molar-refractivity contribution >= 4 is 11.8 Å². The van der Waals surface area contributed by atoms with Crippen molar-refractivity contribution in [1.29, 1.82) is 0 Å². The summed E-state index contributed by atoms with van der Waals surface area (Å²) in [7, 11) is 0. The van der Waals surface area contributed by atoms with Crippen molar-refractivity contribution in [3.63, 3.8) is 0 Å². The lowest BCUT2D eigenvalue weighted by molar-refractivity contribution is -0.132. The SMILES string of the molecule is NC(=O)C1(NC(=O)Cc2ccc3c(c2)OCCO3)CCCCC1. The molecular weight excluding hydrogens is 296 g/mol. The second kappa shape index (κ2) is 6.48. The first-order valence-corrected chi connectivity index (χ1v) is 8.08. The number of hydrogen-bond donors (Lipinski definition) is 2. The number of benzene rings is 1. The van der Waals surface area contributed by atoms with E-state index in [1.165, 1.54) is 0 Å². The minimum atomic E-state index is -0.886. The molecule has 0 atom stereocenters. The zero-order valence-corrected chi connectivity index (χ0v) is 13.1. The van der Waals surface area contributed by atoms with Crippen molar-refractivity contribution in [2.45, 2.75) is 44.1 Å². The van der Waals surface area contributed by atoms with Crippen LogP contribution in [-0.4, -0.2) is 30.6 Å². The van der Waals surface area contributed by atoms with Crippen LogP contribution in [-0.2, 0) is 16.0 Å². The fraction of sp³-hybridized carbons (Fsp3) is 0.529. The van der Waals surface area contributed by atoms with Gasteiger partial charge in [0, 0.05) is 0 Å². The molecule has 3 N–H and O–H groups in total. The van der Waals surface area contributed by atoms with E-state index >= 15 is 0 Å². The topological polar surface area (TPSA) is 90.7 Å². The first-order chi connectivity index (χ1) is 11.1. The number of carbonyl (C=O) groups is 2. The molecule has 0 unspecified atom stereocenters. The summed E-state index contributed by atoms with van der Waals surface area (Å²) in [6, 6.07) is 5.46. The molecule has 2 amide bonds. The van der Waals surface area contributed by atoms with Crippen molar-refractivity contribution in [1.82, 2.24) is 5.32 Å². The van der Waals surface area contributed by atoms with Crippen LogP contribution in [0.4, 0.5) is 0 Å². The Balaban J connectivity index is 1.67. The van der Waals surface area contributed by atoms with Crippen LogP contribution in [0.25, 0.3) is 0 Å². The number of ether oxygens (including phenoxy) is 2. The molecule has 0 aromatic heterocycles. The molecule has 1 aliphatic heterocycles. The van der Waals surface area contributed by atoms with Gasteiger partial charge in [0.05, 0.1) is 6.42 Å². The highest BCUT2D eigenvalue weighted by molar-refractivity contribution is 5.91. The molecule has 23 heavy (non-hydrogen) atoms. The van der Waals surface area contributed by atoms with Gasteiger partial charge in [0.1, 0.15) is 18.8 Å². The van der Waals surface area contributed by atoms with Gasteiger partial charge in [-0.25, -0.2) is 0 Å². The van der Waals surface area contributed by atoms with Crippen LogP contribution >= 0.6 is 0 Å². The molecule has 6 heteroatoms. The predicted octanol–water partition coefficient (Wildman–Crippen LogP) is 1.30. The number of hydrogen-bond acceptors (Lipinski definition) is 4. The van der Waals surface area contributed by atoms with Crippen LogP contribution in [0, 0.1) is 0 Å². The predicted molar refractivity (Wildman–Crippen MR) is 84.3 cm³/mol. The first-order valence-electron chi connectivity index (χ1n) is 8.08. The van der Waals surface area contributed by atoms with E-state index in [0.717, 1.165) is 24.8 Å². The standard InChI is InChI=1S/C17H22N2O4/c18-16(21)17(6-2-1-3-7-17)19-15(20)11-12-4-5-13-14(10-12)23-9-8-22-13/h4-5,10H,1-3,6-9,11H2,(H2,18,21)(H,19,20). The summed E-state index contributed by atoms with van der Waals surface area (Å²) >= 11 is 0. The van der Waals surface area contributed by atoms with E-state index in [9.17, 15) is 9.59 Å². The van der Waals surface area contributed by atoms with E-state index in [0.29, 0.717) is 37.6 Å². The van der Waals surface area contributed by atoms with Crippen molar-refractivity contribution in [2.75, 3.05) is 13.2 Å². The van der Waals surface area contributed by atoms with Gasteiger partial charge in [-0.2, -0.15) is 0 Å². The Morgan fingerprint density at radius 1 is 1.09 bits per heavy atom. The molecule has 0 bridgehead atoms. The minimum absolute atomic E-state index is 0.186. The van der Waals surface area contributed by atoms with E-state index in [4.69, 9.17) is 15.2 Å². The van der Waals surface area contributed by atoms with Crippen LogP contribution in [0.15, 0.2) is 18.2 Å². The van der Waals surface area contributed by atoms with E-state index in [2.05, 4.69) is 5.32 Å². The summed E-state index contributed by atoms with van der Waals surface area (Å²) in [6.07, 6.45) is 4.32. The zero-order chi connectivity index (χ0) is 16.3. The van der Waals surface area contributed by atoms with E-state index in [1.54, 1.807) is 0 Å². The van der Waals surface area contributed by atoms with Gasteiger partial charge < -0.3 is 20.5 Å². The third-order valence-corrected chi connectivity index (χ3v) is 4.53. The fourth-order valence-electron chi connectivity index (χ4n) is 3.28. The Labute approximate surface area is 135 Å². The number of primary amides is 1. The monoisotopic (exact) mass is 318 g/mol. The molecule has 1 fully saturated rings. The molecule has 0 saturated heterocycles. The van der Waals surface area contributed by atoms with Gasteiger partial charge >= 0.3 is 0 Å². The van der Waals surface area contributed by atoms with Gasteiger partial charge in [-0.05, 0) is 30.5 Å². The van der Waals surface area contributed by atoms with Gasteiger partial charge in [0.15, 0.2) is 11.5 Å². The fourth-order valence-corrected chi connectivity index (χ4v) is 3.28. The van der Waals surface area contributed by atoms with Crippen molar-refractivity contribution in [3.8, 4) is 11.5 Å². The smallest absolute Gasteiger partial charge is 0.243 e. The zero-order valence-electron chi connectivity index (χ0n) is 13.1. The van der Waals surface area contributed by atoms with Crippen molar-refractivity contribution in [2.24, 2.45) is 5.73 Å². The van der Waals surface area contributed by atoms with Gasteiger partial charge in [0.25, 0.3) is 0 Å². The average Bonchev–Trinajstić information content (AvgIpc) is 2.55. The number of amides is 2.